The maximum absolute atomic E-state index is 13.1. The third-order valence-electron chi connectivity index (χ3n) is 5.35. The minimum atomic E-state index is -3.61. The van der Waals surface area contributed by atoms with Crippen molar-refractivity contribution in [3.05, 3.63) is 102 Å². The zero-order chi connectivity index (χ0) is 21.7. The first-order valence-corrected chi connectivity index (χ1v) is 11.7. The molecule has 1 heterocycles. The highest BCUT2D eigenvalue weighted by Gasteiger charge is 2.43. The van der Waals surface area contributed by atoms with Gasteiger partial charge < -0.3 is 4.74 Å². The van der Waals surface area contributed by atoms with Crippen LogP contribution in [0.4, 0.5) is 0 Å². The molecule has 0 aromatic heterocycles. The van der Waals surface area contributed by atoms with Gasteiger partial charge in [0.15, 0.2) is 0 Å². The SMILES string of the molecule is CN1OCC(S(=O)(=O)NCc2ccccc2)C1c1cccc(OCc2ccccc2)c1. The average Bonchev–Trinajstić information content (AvgIpc) is 3.20. The summed E-state index contributed by atoms with van der Waals surface area (Å²) >= 11 is 0. The van der Waals surface area contributed by atoms with E-state index in [9.17, 15) is 8.42 Å². The lowest BCUT2D eigenvalue weighted by molar-refractivity contribution is -0.110. The highest BCUT2D eigenvalue weighted by Crippen LogP contribution is 2.34. The van der Waals surface area contributed by atoms with Gasteiger partial charge in [0.1, 0.15) is 17.6 Å². The van der Waals surface area contributed by atoms with E-state index in [1.807, 2.05) is 84.9 Å². The molecule has 0 aliphatic carbocycles. The second-order valence-electron chi connectivity index (χ2n) is 7.52. The van der Waals surface area contributed by atoms with Gasteiger partial charge in [-0.1, -0.05) is 72.8 Å². The lowest BCUT2D eigenvalue weighted by Crippen LogP contribution is -2.39. The van der Waals surface area contributed by atoms with E-state index < -0.39 is 21.3 Å². The first kappa shape index (κ1) is 21.5. The summed E-state index contributed by atoms with van der Waals surface area (Å²) in [4.78, 5) is 5.61. The molecule has 7 heteroatoms. The van der Waals surface area contributed by atoms with Crippen LogP contribution in [0.5, 0.6) is 5.75 Å². The Labute approximate surface area is 183 Å². The lowest BCUT2D eigenvalue weighted by Gasteiger charge is -2.23. The molecule has 2 unspecified atom stereocenters. The van der Waals surface area contributed by atoms with Crippen LogP contribution in [0.25, 0.3) is 0 Å². The van der Waals surface area contributed by atoms with E-state index in [0.717, 1.165) is 16.7 Å². The molecule has 6 nitrogen and oxygen atoms in total. The maximum atomic E-state index is 13.1. The van der Waals surface area contributed by atoms with Crippen LogP contribution < -0.4 is 9.46 Å². The number of hydroxylamine groups is 2. The van der Waals surface area contributed by atoms with Crippen molar-refractivity contribution in [2.24, 2.45) is 0 Å². The molecule has 0 saturated carbocycles. The summed E-state index contributed by atoms with van der Waals surface area (Å²) in [5.41, 5.74) is 2.81. The van der Waals surface area contributed by atoms with Crippen molar-refractivity contribution >= 4 is 10.0 Å². The Bertz CT molecular complexity index is 1090. The van der Waals surface area contributed by atoms with E-state index in [1.165, 1.54) is 0 Å². The smallest absolute Gasteiger partial charge is 0.219 e. The number of hydrogen-bond acceptors (Lipinski definition) is 5. The van der Waals surface area contributed by atoms with E-state index in [2.05, 4.69) is 4.72 Å². The number of hydrogen-bond donors (Lipinski definition) is 1. The van der Waals surface area contributed by atoms with Crippen molar-refractivity contribution < 1.29 is 18.0 Å². The van der Waals surface area contributed by atoms with Gasteiger partial charge in [-0.15, -0.1) is 0 Å². The van der Waals surface area contributed by atoms with Crippen molar-refractivity contribution in [1.82, 2.24) is 9.79 Å². The molecular weight excluding hydrogens is 412 g/mol. The molecular formula is C24H26N2O4S. The first-order valence-electron chi connectivity index (χ1n) is 10.2. The highest BCUT2D eigenvalue weighted by molar-refractivity contribution is 7.90. The van der Waals surface area contributed by atoms with Crippen LogP contribution in [0.2, 0.25) is 0 Å². The van der Waals surface area contributed by atoms with Gasteiger partial charge >= 0.3 is 0 Å². The molecule has 0 spiro atoms. The normalized spacial score (nSPS) is 19.4. The Hall–Kier alpha value is -2.71. The predicted molar refractivity (Wildman–Crippen MR) is 120 cm³/mol. The molecule has 162 valence electrons. The van der Waals surface area contributed by atoms with Gasteiger partial charge in [-0.3, -0.25) is 4.84 Å². The number of nitrogens with one attached hydrogen (secondary N) is 1. The van der Waals surface area contributed by atoms with Crippen molar-refractivity contribution in [1.29, 1.82) is 0 Å². The average molecular weight is 439 g/mol. The maximum Gasteiger partial charge on any atom is 0.219 e. The minimum absolute atomic E-state index is 0.0976. The second-order valence-corrected chi connectivity index (χ2v) is 9.51. The number of ether oxygens (including phenoxy) is 1. The van der Waals surface area contributed by atoms with Gasteiger partial charge in [-0.2, -0.15) is 5.06 Å². The number of nitrogens with zero attached hydrogens (tertiary/aromatic N) is 1. The zero-order valence-electron chi connectivity index (χ0n) is 17.3. The first-order chi connectivity index (χ1) is 15.0. The minimum Gasteiger partial charge on any atom is -0.489 e. The fraction of sp³-hybridized carbons (Fsp3) is 0.250. The Balaban J connectivity index is 1.49. The van der Waals surface area contributed by atoms with Crippen molar-refractivity contribution in [3.63, 3.8) is 0 Å². The molecule has 0 bridgehead atoms. The largest absolute Gasteiger partial charge is 0.489 e. The monoisotopic (exact) mass is 438 g/mol. The third kappa shape index (κ3) is 5.32. The third-order valence-corrected chi connectivity index (χ3v) is 7.09. The van der Waals surface area contributed by atoms with E-state index in [-0.39, 0.29) is 13.2 Å². The van der Waals surface area contributed by atoms with Gasteiger partial charge in [0, 0.05) is 13.6 Å². The van der Waals surface area contributed by atoms with Crippen LogP contribution in [0, 0.1) is 0 Å². The molecule has 1 aliphatic rings. The number of rotatable bonds is 8. The van der Waals surface area contributed by atoms with Gasteiger partial charge in [-0.05, 0) is 28.8 Å². The van der Waals surface area contributed by atoms with Crippen molar-refractivity contribution in [2.45, 2.75) is 24.4 Å². The molecule has 0 amide bonds. The van der Waals surface area contributed by atoms with Crippen LogP contribution in [-0.4, -0.2) is 32.4 Å². The fourth-order valence-corrected chi connectivity index (χ4v) is 5.19. The van der Waals surface area contributed by atoms with Crippen LogP contribution in [0.1, 0.15) is 22.7 Å². The topological polar surface area (TPSA) is 67.9 Å². The van der Waals surface area contributed by atoms with Crippen LogP contribution >= 0.6 is 0 Å². The summed E-state index contributed by atoms with van der Waals surface area (Å²) in [6, 6.07) is 26.5. The summed E-state index contributed by atoms with van der Waals surface area (Å²) in [5.74, 6) is 0.690. The molecule has 31 heavy (non-hydrogen) atoms. The van der Waals surface area contributed by atoms with Crippen LogP contribution in [0.15, 0.2) is 84.9 Å². The van der Waals surface area contributed by atoms with Crippen molar-refractivity contribution in [3.8, 4) is 5.75 Å². The van der Waals surface area contributed by atoms with E-state index in [4.69, 9.17) is 9.57 Å². The molecule has 1 saturated heterocycles. The summed E-state index contributed by atoms with van der Waals surface area (Å²) < 4.78 is 34.8. The summed E-state index contributed by atoms with van der Waals surface area (Å²) in [5, 5.41) is 0.883. The van der Waals surface area contributed by atoms with Gasteiger partial charge in [0.2, 0.25) is 10.0 Å². The Morgan fingerprint density at radius 2 is 1.65 bits per heavy atom. The summed E-state index contributed by atoms with van der Waals surface area (Å²) in [6.07, 6.45) is 0. The molecule has 1 N–H and O–H groups in total. The lowest BCUT2D eigenvalue weighted by atomic mass is 10.0. The zero-order valence-corrected chi connectivity index (χ0v) is 18.2. The van der Waals surface area contributed by atoms with Crippen LogP contribution in [0.3, 0.4) is 0 Å². The van der Waals surface area contributed by atoms with Gasteiger partial charge in [0.05, 0.1) is 12.6 Å². The van der Waals surface area contributed by atoms with E-state index in [0.29, 0.717) is 12.4 Å². The highest BCUT2D eigenvalue weighted by atomic mass is 32.2. The molecule has 0 radical (unpaired) electrons. The quantitative estimate of drug-likeness (QED) is 0.581. The van der Waals surface area contributed by atoms with E-state index >= 15 is 0 Å². The van der Waals surface area contributed by atoms with E-state index in [1.54, 1.807) is 12.1 Å². The van der Waals surface area contributed by atoms with Crippen LogP contribution in [-0.2, 0) is 28.0 Å². The van der Waals surface area contributed by atoms with Gasteiger partial charge in [-0.25, -0.2) is 13.1 Å². The second kappa shape index (κ2) is 9.62. The number of benzene rings is 3. The Kier molecular flexibility index (Phi) is 6.67. The molecule has 2 atom stereocenters. The van der Waals surface area contributed by atoms with Crippen molar-refractivity contribution in [2.75, 3.05) is 13.7 Å². The number of sulfonamides is 1. The summed E-state index contributed by atoms with van der Waals surface area (Å²) in [7, 11) is -1.86. The summed E-state index contributed by atoms with van der Waals surface area (Å²) in [6.45, 7) is 0.790. The fourth-order valence-electron chi connectivity index (χ4n) is 3.70. The molecule has 1 fully saturated rings. The molecule has 4 rings (SSSR count). The predicted octanol–water partition coefficient (Wildman–Crippen LogP) is 3.67. The standard InChI is InChI=1S/C24H26N2O4S/c1-26-24(21-13-8-14-22(15-21)29-17-20-11-6-3-7-12-20)23(18-30-26)31(27,28)25-16-19-9-4-2-5-10-19/h2-15,23-25H,16-18H2,1H3. The Morgan fingerprint density at radius 3 is 2.35 bits per heavy atom. The molecule has 3 aromatic rings. The molecule has 1 aliphatic heterocycles. The van der Waals surface area contributed by atoms with Gasteiger partial charge in [0.25, 0.3) is 0 Å². The Morgan fingerprint density at radius 1 is 0.968 bits per heavy atom. The molecule has 3 aromatic carbocycles.